The van der Waals surface area contributed by atoms with Gasteiger partial charge in [0.25, 0.3) is 5.91 Å². The Labute approximate surface area is 219 Å². The van der Waals surface area contributed by atoms with Crippen LogP contribution in [0.2, 0.25) is 0 Å². The molecule has 0 aliphatic carbocycles. The van der Waals surface area contributed by atoms with Gasteiger partial charge in [-0.1, -0.05) is 43.3 Å². The lowest BCUT2D eigenvalue weighted by Gasteiger charge is -2.12. The molecule has 1 heterocycles. The predicted molar refractivity (Wildman–Crippen MR) is 148 cm³/mol. The standard InChI is InChI=1S/C31H37N3O3/c1-4-25-13-15-26(16-14-25)36-20-8-7-19-34-28-10-6-5-9-27(28)33-30(34)17-18-32-31(35)22-37-29-21-23(2)11-12-24(29)3/h5-6,9-16,21H,4,7-8,17-20,22H2,1-3H3,(H,32,35). The molecule has 0 aliphatic heterocycles. The van der Waals surface area contributed by atoms with Crippen LogP contribution in [0.1, 0.15) is 42.3 Å². The smallest absolute Gasteiger partial charge is 0.257 e. The monoisotopic (exact) mass is 499 g/mol. The minimum Gasteiger partial charge on any atom is -0.494 e. The second-order valence-electron chi connectivity index (χ2n) is 9.38. The number of para-hydroxylation sites is 2. The van der Waals surface area contributed by atoms with Crippen LogP contribution in [0.3, 0.4) is 0 Å². The summed E-state index contributed by atoms with van der Waals surface area (Å²) in [6.07, 6.45) is 3.63. The summed E-state index contributed by atoms with van der Waals surface area (Å²) in [5.41, 5.74) is 5.55. The van der Waals surface area contributed by atoms with Crippen molar-refractivity contribution >= 4 is 16.9 Å². The number of aryl methyl sites for hydroxylation is 4. The highest BCUT2D eigenvalue weighted by atomic mass is 16.5. The topological polar surface area (TPSA) is 65.4 Å². The Bertz CT molecular complexity index is 1310. The highest BCUT2D eigenvalue weighted by Crippen LogP contribution is 2.20. The molecule has 0 saturated heterocycles. The van der Waals surface area contributed by atoms with Gasteiger partial charge in [0.2, 0.25) is 0 Å². The molecule has 0 atom stereocenters. The third-order valence-electron chi connectivity index (χ3n) is 6.48. The Balaban J connectivity index is 1.26. The molecule has 0 bridgehead atoms. The van der Waals surface area contributed by atoms with Crippen LogP contribution in [0.25, 0.3) is 11.0 Å². The number of nitrogens with zero attached hydrogens (tertiary/aromatic N) is 2. The number of fused-ring (bicyclic) bond motifs is 1. The number of benzene rings is 3. The van der Waals surface area contributed by atoms with Crippen LogP contribution in [0, 0.1) is 13.8 Å². The fraction of sp³-hybridized carbons (Fsp3) is 0.355. The number of aromatic nitrogens is 2. The number of imidazole rings is 1. The third-order valence-corrected chi connectivity index (χ3v) is 6.48. The number of hydrogen-bond acceptors (Lipinski definition) is 4. The molecule has 6 heteroatoms. The number of hydrogen-bond donors (Lipinski definition) is 1. The molecule has 1 N–H and O–H groups in total. The van der Waals surface area contributed by atoms with E-state index in [2.05, 4.69) is 35.0 Å². The van der Waals surface area contributed by atoms with E-state index in [-0.39, 0.29) is 12.5 Å². The maximum absolute atomic E-state index is 12.4. The van der Waals surface area contributed by atoms with Gasteiger partial charge in [0.15, 0.2) is 6.61 Å². The second-order valence-corrected chi connectivity index (χ2v) is 9.38. The van der Waals surface area contributed by atoms with Crippen molar-refractivity contribution in [2.75, 3.05) is 19.8 Å². The van der Waals surface area contributed by atoms with Gasteiger partial charge < -0.3 is 19.4 Å². The second kappa shape index (κ2) is 12.9. The number of carbonyl (C=O) groups excluding carboxylic acids is 1. The molecule has 4 rings (SSSR count). The van der Waals surface area contributed by atoms with Crippen molar-refractivity contribution in [1.29, 1.82) is 0 Å². The number of rotatable bonds is 13. The molecule has 194 valence electrons. The molecule has 37 heavy (non-hydrogen) atoms. The van der Waals surface area contributed by atoms with Crippen LogP contribution in [0.15, 0.2) is 66.7 Å². The average Bonchev–Trinajstić information content (AvgIpc) is 3.26. The summed E-state index contributed by atoms with van der Waals surface area (Å²) >= 11 is 0. The zero-order valence-electron chi connectivity index (χ0n) is 22.1. The number of amides is 1. The van der Waals surface area contributed by atoms with E-state index < -0.39 is 0 Å². The minimum atomic E-state index is -0.132. The van der Waals surface area contributed by atoms with E-state index in [1.165, 1.54) is 5.56 Å². The first-order valence-corrected chi connectivity index (χ1v) is 13.2. The van der Waals surface area contributed by atoms with Crippen molar-refractivity contribution < 1.29 is 14.3 Å². The summed E-state index contributed by atoms with van der Waals surface area (Å²) in [4.78, 5) is 17.2. The van der Waals surface area contributed by atoms with Crippen LogP contribution >= 0.6 is 0 Å². The molecule has 4 aromatic rings. The van der Waals surface area contributed by atoms with Crippen LogP contribution < -0.4 is 14.8 Å². The Morgan fingerprint density at radius 3 is 2.59 bits per heavy atom. The lowest BCUT2D eigenvalue weighted by atomic mass is 10.1. The zero-order chi connectivity index (χ0) is 26.0. The van der Waals surface area contributed by atoms with Gasteiger partial charge in [-0.05, 0) is 80.1 Å². The van der Waals surface area contributed by atoms with Crippen LogP contribution in [0.4, 0.5) is 0 Å². The normalized spacial score (nSPS) is 11.0. The molecule has 0 aliphatic rings. The molecule has 6 nitrogen and oxygen atoms in total. The molecule has 0 fully saturated rings. The minimum absolute atomic E-state index is 0.00187. The summed E-state index contributed by atoms with van der Waals surface area (Å²) in [6, 6.07) is 22.5. The Kier molecular flexibility index (Phi) is 9.19. The SMILES string of the molecule is CCc1ccc(OCCCCn2c(CCNC(=O)COc3cc(C)ccc3C)nc3ccccc32)cc1. The van der Waals surface area contributed by atoms with Gasteiger partial charge >= 0.3 is 0 Å². The summed E-state index contributed by atoms with van der Waals surface area (Å²) in [5, 5.41) is 2.97. The van der Waals surface area contributed by atoms with Crippen molar-refractivity contribution in [2.45, 2.75) is 53.0 Å². The van der Waals surface area contributed by atoms with Crippen LogP contribution in [-0.4, -0.2) is 35.2 Å². The highest BCUT2D eigenvalue weighted by molar-refractivity contribution is 5.78. The van der Waals surface area contributed by atoms with Gasteiger partial charge in [0.05, 0.1) is 17.6 Å². The average molecular weight is 500 g/mol. The van der Waals surface area contributed by atoms with Crippen molar-refractivity contribution in [1.82, 2.24) is 14.9 Å². The number of carbonyl (C=O) groups is 1. The van der Waals surface area contributed by atoms with Crippen molar-refractivity contribution in [3.63, 3.8) is 0 Å². The predicted octanol–water partition coefficient (Wildman–Crippen LogP) is 5.81. The molecule has 3 aromatic carbocycles. The van der Waals surface area contributed by atoms with Gasteiger partial charge in [-0.25, -0.2) is 4.98 Å². The van der Waals surface area contributed by atoms with E-state index in [0.29, 0.717) is 19.6 Å². The molecule has 1 amide bonds. The van der Waals surface area contributed by atoms with E-state index in [0.717, 1.165) is 65.3 Å². The number of unbranched alkanes of at least 4 members (excludes halogenated alkanes) is 1. The summed E-state index contributed by atoms with van der Waals surface area (Å²) in [7, 11) is 0. The van der Waals surface area contributed by atoms with E-state index >= 15 is 0 Å². The largest absolute Gasteiger partial charge is 0.494 e. The molecular weight excluding hydrogens is 462 g/mol. The molecule has 0 saturated carbocycles. The Morgan fingerprint density at radius 1 is 0.973 bits per heavy atom. The molecule has 0 radical (unpaired) electrons. The number of nitrogens with one attached hydrogen (secondary N) is 1. The van der Waals surface area contributed by atoms with E-state index in [4.69, 9.17) is 14.5 Å². The lowest BCUT2D eigenvalue weighted by Crippen LogP contribution is -2.31. The van der Waals surface area contributed by atoms with Gasteiger partial charge in [-0.3, -0.25) is 4.79 Å². The highest BCUT2D eigenvalue weighted by Gasteiger charge is 2.11. The lowest BCUT2D eigenvalue weighted by molar-refractivity contribution is -0.123. The molecule has 1 aromatic heterocycles. The summed E-state index contributed by atoms with van der Waals surface area (Å²) in [6.45, 7) is 8.20. The summed E-state index contributed by atoms with van der Waals surface area (Å²) in [5.74, 6) is 2.52. The zero-order valence-corrected chi connectivity index (χ0v) is 22.1. The van der Waals surface area contributed by atoms with E-state index in [1.54, 1.807) is 0 Å². The molecule has 0 spiro atoms. The van der Waals surface area contributed by atoms with E-state index in [9.17, 15) is 4.79 Å². The Hall–Kier alpha value is -3.80. The third kappa shape index (κ3) is 7.35. The fourth-order valence-corrected chi connectivity index (χ4v) is 4.32. The number of ether oxygens (including phenoxy) is 2. The first-order valence-electron chi connectivity index (χ1n) is 13.2. The maximum Gasteiger partial charge on any atom is 0.257 e. The maximum atomic E-state index is 12.4. The molecular formula is C31H37N3O3. The van der Waals surface area contributed by atoms with Gasteiger partial charge in [0.1, 0.15) is 17.3 Å². The quantitative estimate of drug-likeness (QED) is 0.236. The fourth-order valence-electron chi connectivity index (χ4n) is 4.32. The first kappa shape index (κ1) is 26.3. The molecule has 0 unspecified atom stereocenters. The van der Waals surface area contributed by atoms with Gasteiger partial charge in [-0.15, -0.1) is 0 Å². The summed E-state index contributed by atoms with van der Waals surface area (Å²) < 4.78 is 13.9. The van der Waals surface area contributed by atoms with Crippen molar-refractivity contribution in [2.24, 2.45) is 0 Å². The van der Waals surface area contributed by atoms with Crippen molar-refractivity contribution in [3.05, 3.63) is 89.2 Å². The van der Waals surface area contributed by atoms with E-state index in [1.807, 2.05) is 62.4 Å². The van der Waals surface area contributed by atoms with Crippen molar-refractivity contribution in [3.8, 4) is 11.5 Å². The van der Waals surface area contributed by atoms with Crippen LogP contribution in [-0.2, 0) is 24.2 Å². The van der Waals surface area contributed by atoms with Gasteiger partial charge in [-0.2, -0.15) is 0 Å². The van der Waals surface area contributed by atoms with Gasteiger partial charge in [0, 0.05) is 19.5 Å². The Morgan fingerprint density at radius 2 is 1.78 bits per heavy atom. The first-order chi connectivity index (χ1) is 18.0. The van der Waals surface area contributed by atoms with Crippen LogP contribution in [0.5, 0.6) is 11.5 Å².